The molecule has 3 aromatic heterocycles. The highest BCUT2D eigenvalue weighted by Gasteiger charge is 2.02. The minimum Gasteiger partial charge on any atom is -0.307 e. The number of amides is 1. The average Bonchev–Trinajstić information content (AvgIpc) is 3.02. The fourth-order valence-corrected chi connectivity index (χ4v) is 2.35. The van der Waals surface area contributed by atoms with Crippen LogP contribution in [0.2, 0.25) is 0 Å². The molecule has 3 heterocycles. The van der Waals surface area contributed by atoms with Crippen LogP contribution < -0.4 is 5.32 Å². The van der Waals surface area contributed by atoms with E-state index in [-0.39, 0.29) is 5.91 Å². The molecule has 3 rings (SSSR count). The lowest BCUT2D eigenvalue weighted by Crippen LogP contribution is -2.09. The number of fused-ring (bicyclic) bond motifs is 1. The van der Waals surface area contributed by atoms with Crippen molar-refractivity contribution in [3.8, 4) is 0 Å². The molecular weight excluding hydrogens is 279 g/mol. The van der Waals surface area contributed by atoms with E-state index in [0.717, 1.165) is 16.9 Å². The van der Waals surface area contributed by atoms with Crippen molar-refractivity contribution in [3.63, 3.8) is 0 Å². The largest absolute Gasteiger partial charge is 0.307 e. The maximum Gasteiger partial charge on any atom is 0.249 e. The summed E-state index contributed by atoms with van der Waals surface area (Å²) in [4.78, 5) is 20.5. The number of hydrogen-bond acceptors (Lipinski definition) is 4. The van der Waals surface area contributed by atoms with Gasteiger partial charge in [0.1, 0.15) is 11.6 Å². The topological polar surface area (TPSA) is 59.3 Å². The maximum atomic E-state index is 12.7. The molecule has 1 amide bonds. The lowest BCUT2D eigenvalue weighted by molar-refractivity contribution is -0.111. The molecule has 0 bridgehead atoms. The SMILES string of the molecule is O=C(/C=C/c1cnc2sccn12)Nc1ccc(F)cn1. The molecule has 0 radical (unpaired) electrons. The Kier molecular flexibility index (Phi) is 3.26. The number of hydrogen-bond donors (Lipinski definition) is 1. The summed E-state index contributed by atoms with van der Waals surface area (Å²) in [7, 11) is 0. The quantitative estimate of drug-likeness (QED) is 0.754. The number of halogens is 1. The summed E-state index contributed by atoms with van der Waals surface area (Å²) in [5.74, 6) is -0.484. The number of anilines is 1. The van der Waals surface area contributed by atoms with E-state index in [0.29, 0.717) is 5.82 Å². The summed E-state index contributed by atoms with van der Waals surface area (Å²) < 4.78 is 14.6. The second-order valence-corrected chi connectivity index (χ2v) is 4.80. The van der Waals surface area contributed by atoms with Crippen molar-refractivity contribution in [2.24, 2.45) is 0 Å². The number of thiazole rings is 1. The van der Waals surface area contributed by atoms with E-state index in [2.05, 4.69) is 15.3 Å². The highest BCUT2D eigenvalue weighted by atomic mass is 32.1. The molecule has 7 heteroatoms. The second kappa shape index (κ2) is 5.22. The van der Waals surface area contributed by atoms with Gasteiger partial charge in [0.05, 0.1) is 18.1 Å². The van der Waals surface area contributed by atoms with Gasteiger partial charge in [-0.1, -0.05) is 0 Å². The van der Waals surface area contributed by atoms with Crippen LogP contribution in [0.1, 0.15) is 5.69 Å². The first-order valence-electron chi connectivity index (χ1n) is 5.73. The van der Waals surface area contributed by atoms with E-state index in [1.54, 1.807) is 12.3 Å². The zero-order valence-electron chi connectivity index (χ0n) is 10.2. The molecule has 5 nitrogen and oxygen atoms in total. The molecule has 0 aliphatic heterocycles. The van der Waals surface area contributed by atoms with Crippen molar-refractivity contribution in [1.29, 1.82) is 0 Å². The fourth-order valence-electron chi connectivity index (χ4n) is 1.65. The number of rotatable bonds is 3. The molecule has 0 aliphatic carbocycles. The third-order valence-electron chi connectivity index (χ3n) is 2.56. The molecule has 0 unspecified atom stereocenters. The molecule has 20 heavy (non-hydrogen) atoms. The Bertz CT molecular complexity index is 775. The molecule has 0 saturated heterocycles. The number of imidazole rings is 1. The summed E-state index contributed by atoms with van der Waals surface area (Å²) in [6.07, 6.45) is 7.65. The van der Waals surface area contributed by atoms with Gasteiger partial charge >= 0.3 is 0 Å². The molecular formula is C13H9FN4OS. The van der Waals surface area contributed by atoms with Gasteiger partial charge in [0, 0.05) is 17.7 Å². The zero-order valence-corrected chi connectivity index (χ0v) is 11.0. The van der Waals surface area contributed by atoms with Crippen LogP contribution >= 0.6 is 11.3 Å². The normalized spacial score (nSPS) is 11.2. The Morgan fingerprint density at radius 1 is 1.35 bits per heavy atom. The molecule has 3 aromatic rings. The van der Waals surface area contributed by atoms with Crippen LogP contribution in [0.5, 0.6) is 0 Å². The Morgan fingerprint density at radius 3 is 3.05 bits per heavy atom. The molecule has 0 aromatic carbocycles. The number of carbonyl (C=O) groups is 1. The third kappa shape index (κ3) is 2.57. The predicted octanol–water partition coefficient (Wildman–Crippen LogP) is 2.58. The number of nitrogens with one attached hydrogen (secondary N) is 1. The third-order valence-corrected chi connectivity index (χ3v) is 3.33. The Balaban J connectivity index is 1.71. The lowest BCUT2D eigenvalue weighted by Gasteiger charge is -1.99. The van der Waals surface area contributed by atoms with Crippen molar-refractivity contribution >= 4 is 34.1 Å². The van der Waals surface area contributed by atoms with Gasteiger partial charge in [-0.05, 0) is 18.2 Å². The molecule has 1 N–H and O–H groups in total. The van der Waals surface area contributed by atoms with Gasteiger partial charge in [0.25, 0.3) is 0 Å². The minimum atomic E-state index is -0.447. The van der Waals surface area contributed by atoms with Gasteiger partial charge in [-0.25, -0.2) is 14.4 Å². The van der Waals surface area contributed by atoms with E-state index in [1.165, 1.54) is 29.5 Å². The fraction of sp³-hybridized carbons (Fsp3) is 0. The predicted molar refractivity (Wildman–Crippen MR) is 74.9 cm³/mol. The minimum absolute atomic E-state index is 0.301. The number of aromatic nitrogens is 3. The van der Waals surface area contributed by atoms with Crippen LogP contribution in [0.4, 0.5) is 10.2 Å². The summed E-state index contributed by atoms with van der Waals surface area (Å²) in [5.41, 5.74) is 0.809. The second-order valence-electron chi connectivity index (χ2n) is 3.92. The van der Waals surface area contributed by atoms with Crippen LogP contribution in [0.15, 0.2) is 42.2 Å². The smallest absolute Gasteiger partial charge is 0.249 e. The maximum absolute atomic E-state index is 12.7. The molecule has 100 valence electrons. The average molecular weight is 288 g/mol. The van der Waals surface area contributed by atoms with Gasteiger partial charge in [0.2, 0.25) is 5.91 Å². The summed E-state index contributed by atoms with van der Waals surface area (Å²) in [6, 6.07) is 2.63. The lowest BCUT2D eigenvalue weighted by atomic mass is 10.4. The van der Waals surface area contributed by atoms with E-state index < -0.39 is 5.82 Å². The Hall–Kier alpha value is -2.54. The van der Waals surface area contributed by atoms with Gasteiger partial charge in [-0.2, -0.15) is 0 Å². The van der Waals surface area contributed by atoms with E-state index >= 15 is 0 Å². The first-order valence-corrected chi connectivity index (χ1v) is 6.61. The molecule has 0 fully saturated rings. The van der Waals surface area contributed by atoms with Crippen molar-refractivity contribution in [2.75, 3.05) is 5.32 Å². The van der Waals surface area contributed by atoms with Crippen LogP contribution in [0.3, 0.4) is 0 Å². The van der Waals surface area contributed by atoms with Gasteiger partial charge in [-0.3, -0.25) is 9.20 Å². The monoisotopic (exact) mass is 288 g/mol. The van der Waals surface area contributed by atoms with Crippen molar-refractivity contribution < 1.29 is 9.18 Å². The van der Waals surface area contributed by atoms with Gasteiger partial charge in [0.15, 0.2) is 4.96 Å². The molecule has 0 spiro atoms. The first kappa shape index (κ1) is 12.5. The Labute approximate surface area is 117 Å². The summed E-state index contributed by atoms with van der Waals surface area (Å²) in [5, 5.41) is 4.46. The van der Waals surface area contributed by atoms with Crippen LogP contribution in [-0.2, 0) is 4.79 Å². The van der Waals surface area contributed by atoms with Crippen LogP contribution in [0.25, 0.3) is 11.0 Å². The van der Waals surface area contributed by atoms with Crippen molar-refractivity contribution in [3.05, 3.63) is 53.7 Å². The van der Waals surface area contributed by atoms with E-state index in [4.69, 9.17) is 0 Å². The molecule has 0 aliphatic rings. The van der Waals surface area contributed by atoms with Gasteiger partial charge in [-0.15, -0.1) is 11.3 Å². The molecule has 0 saturated carbocycles. The first-order chi connectivity index (χ1) is 9.72. The summed E-state index contributed by atoms with van der Waals surface area (Å²) in [6.45, 7) is 0. The zero-order chi connectivity index (χ0) is 13.9. The van der Waals surface area contributed by atoms with Crippen LogP contribution in [0, 0.1) is 5.82 Å². The number of nitrogens with zero attached hydrogens (tertiary/aromatic N) is 3. The van der Waals surface area contributed by atoms with Gasteiger partial charge < -0.3 is 5.32 Å². The van der Waals surface area contributed by atoms with Crippen LogP contribution in [-0.4, -0.2) is 20.3 Å². The number of carbonyl (C=O) groups excluding carboxylic acids is 1. The summed E-state index contributed by atoms with van der Waals surface area (Å²) >= 11 is 1.52. The Morgan fingerprint density at radius 2 is 2.25 bits per heavy atom. The standard InChI is InChI=1S/C13H9FN4OS/c14-9-1-3-11(15-7-9)17-12(19)4-2-10-8-16-13-18(10)5-6-20-13/h1-8H,(H,15,17,19)/b4-2+. The van der Waals surface area contributed by atoms with E-state index in [9.17, 15) is 9.18 Å². The highest BCUT2D eigenvalue weighted by Crippen LogP contribution is 2.13. The van der Waals surface area contributed by atoms with E-state index in [1.807, 2.05) is 16.0 Å². The number of pyridine rings is 1. The molecule has 0 atom stereocenters. The van der Waals surface area contributed by atoms with Crippen molar-refractivity contribution in [1.82, 2.24) is 14.4 Å². The highest BCUT2D eigenvalue weighted by molar-refractivity contribution is 7.15. The van der Waals surface area contributed by atoms with Crippen molar-refractivity contribution in [2.45, 2.75) is 0 Å².